The van der Waals surface area contributed by atoms with Gasteiger partial charge in [-0.2, -0.15) is 0 Å². The number of hydrogen-bond acceptors (Lipinski definition) is 3. The van der Waals surface area contributed by atoms with Gasteiger partial charge >= 0.3 is 5.97 Å². The normalized spacial score (nSPS) is 23.2. The molecule has 3 nitrogen and oxygen atoms in total. The molecule has 3 heteroatoms. The van der Waals surface area contributed by atoms with E-state index in [9.17, 15) is 4.79 Å². The molecule has 1 fully saturated rings. The number of carbonyl (C=O) groups excluding carboxylic acids is 1. The Morgan fingerprint density at radius 1 is 1.54 bits per heavy atom. The van der Waals surface area contributed by atoms with E-state index in [1.807, 2.05) is 6.08 Å². The van der Waals surface area contributed by atoms with Crippen molar-refractivity contribution in [3.8, 4) is 0 Å². The van der Waals surface area contributed by atoms with Gasteiger partial charge in [-0.15, -0.1) is 0 Å². The molecule has 0 radical (unpaired) electrons. The highest BCUT2D eigenvalue weighted by molar-refractivity contribution is 5.88. The lowest BCUT2D eigenvalue weighted by Gasteiger charge is -2.26. The van der Waals surface area contributed by atoms with Gasteiger partial charge in [0.2, 0.25) is 0 Å². The molecule has 0 aromatic carbocycles. The van der Waals surface area contributed by atoms with Gasteiger partial charge in [0, 0.05) is 12.1 Å². The second-order valence-electron chi connectivity index (χ2n) is 3.64. The molecule has 13 heavy (non-hydrogen) atoms. The zero-order valence-corrected chi connectivity index (χ0v) is 7.71. The van der Waals surface area contributed by atoms with Crippen molar-refractivity contribution in [2.24, 2.45) is 0 Å². The fraction of sp³-hybridized carbons (Fsp3) is 0.700. The van der Waals surface area contributed by atoms with Gasteiger partial charge in [-0.3, -0.25) is 0 Å². The lowest BCUT2D eigenvalue weighted by atomic mass is 9.96. The predicted octanol–water partition coefficient (Wildman–Crippen LogP) is 1.00. The first-order chi connectivity index (χ1) is 6.36. The molecule has 0 atom stereocenters. The van der Waals surface area contributed by atoms with Gasteiger partial charge in [-0.25, -0.2) is 4.79 Å². The highest BCUT2D eigenvalue weighted by Gasteiger charge is 2.23. The molecular formula is C10H15NO2. The molecule has 0 bridgehead atoms. The topological polar surface area (TPSA) is 38.3 Å². The summed E-state index contributed by atoms with van der Waals surface area (Å²) in [4.78, 5) is 11.5. The summed E-state index contributed by atoms with van der Waals surface area (Å²) in [5, 5.41) is 3.17. The Kier molecular flexibility index (Phi) is 2.64. The first-order valence-electron chi connectivity index (χ1n) is 4.97. The second-order valence-corrected chi connectivity index (χ2v) is 3.64. The molecule has 1 heterocycles. The molecule has 0 aromatic heterocycles. The van der Waals surface area contributed by atoms with Crippen LogP contribution in [0.2, 0.25) is 0 Å². The molecule has 1 saturated carbocycles. The minimum Gasteiger partial charge on any atom is -0.459 e. The van der Waals surface area contributed by atoms with E-state index in [1.165, 1.54) is 6.42 Å². The van der Waals surface area contributed by atoms with Crippen LogP contribution in [0.4, 0.5) is 0 Å². The molecule has 0 spiro atoms. The largest absolute Gasteiger partial charge is 0.459 e. The number of rotatable bonds is 2. The number of carbonyl (C=O) groups is 1. The Balaban J connectivity index is 1.84. The quantitative estimate of drug-likeness (QED) is 0.646. The lowest BCUT2D eigenvalue weighted by molar-refractivity contribution is -0.148. The van der Waals surface area contributed by atoms with Crippen molar-refractivity contribution in [1.82, 2.24) is 5.32 Å². The molecule has 1 aliphatic heterocycles. The van der Waals surface area contributed by atoms with E-state index in [1.54, 1.807) is 0 Å². The van der Waals surface area contributed by atoms with Crippen LogP contribution >= 0.6 is 0 Å². The summed E-state index contributed by atoms with van der Waals surface area (Å²) in [6, 6.07) is 0. The van der Waals surface area contributed by atoms with Gasteiger partial charge in [0.25, 0.3) is 0 Å². The molecule has 1 aliphatic carbocycles. The monoisotopic (exact) mass is 181 g/mol. The van der Waals surface area contributed by atoms with Crippen molar-refractivity contribution in [3.63, 3.8) is 0 Å². The van der Waals surface area contributed by atoms with Crippen LogP contribution in [0.15, 0.2) is 11.6 Å². The third kappa shape index (κ3) is 2.10. The van der Waals surface area contributed by atoms with Gasteiger partial charge in [0.05, 0.1) is 0 Å². The maximum atomic E-state index is 11.5. The van der Waals surface area contributed by atoms with E-state index in [4.69, 9.17) is 4.74 Å². The minimum absolute atomic E-state index is 0.0915. The van der Waals surface area contributed by atoms with Crippen LogP contribution in [0.25, 0.3) is 0 Å². The summed E-state index contributed by atoms with van der Waals surface area (Å²) in [6.07, 6.45) is 6.27. The van der Waals surface area contributed by atoms with Gasteiger partial charge < -0.3 is 10.1 Å². The van der Waals surface area contributed by atoms with Crippen molar-refractivity contribution >= 4 is 5.97 Å². The lowest BCUT2D eigenvalue weighted by Crippen LogP contribution is -2.29. The fourth-order valence-electron chi connectivity index (χ4n) is 1.52. The van der Waals surface area contributed by atoms with E-state index in [0.29, 0.717) is 0 Å². The van der Waals surface area contributed by atoms with Crippen molar-refractivity contribution in [3.05, 3.63) is 11.6 Å². The first kappa shape index (κ1) is 8.75. The first-order valence-corrected chi connectivity index (χ1v) is 4.97. The SMILES string of the molecule is O=C(OC1CCC1)C1=CCNCC1. The van der Waals surface area contributed by atoms with Gasteiger partial charge in [0.1, 0.15) is 6.10 Å². The summed E-state index contributed by atoms with van der Waals surface area (Å²) in [5.74, 6) is -0.0915. The van der Waals surface area contributed by atoms with Gasteiger partial charge in [-0.05, 0) is 32.2 Å². The highest BCUT2D eigenvalue weighted by Crippen LogP contribution is 2.23. The summed E-state index contributed by atoms with van der Waals surface area (Å²) >= 11 is 0. The second kappa shape index (κ2) is 3.92. The van der Waals surface area contributed by atoms with Crippen LogP contribution in [0.5, 0.6) is 0 Å². The minimum atomic E-state index is -0.0915. The molecule has 1 N–H and O–H groups in total. The average molecular weight is 181 g/mol. The standard InChI is InChI=1S/C10H15NO2/c12-10(13-9-2-1-3-9)8-4-6-11-7-5-8/h4,9,11H,1-3,5-7H2. The Morgan fingerprint density at radius 3 is 2.92 bits per heavy atom. The van der Waals surface area contributed by atoms with Crippen LogP contribution in [0.1, 0.15) is 25.7 Å². The van der Waals surface area contributed by atoms with Crippen molar-refractivity contribution in [2.75, 3.05) is 13.1 Å². The number of ether oxygens (including phenoxy) is 1. The van der Waals surface area contributed by atoms with E-state index in [0.717, 1.165) is 37.9 Å². The average Bonchev–Trinajstić information content (AvgIpc) is 2.12. The summed E-state index contributed by atoms with van der Waals surface area (Å²) in [5.41, 5.74) is 0.852. The Labute approximate surface area is 78.1 Å². The molecular weight excluding hydrogens is 166 g/mol. The van der Waals surface area contributed by atoms with Crippen LogP contribution < -0.4 is 5.32 Å². The van der Waals surface area contributed by atoms with Crippen molar-refractivity contribution in [2.45, 2.75) is 31.8 Å². The van der Waals surface area contributed by atoms with E-state index >= 15 is 0 Å². The third-order valence-electron chi connectivity index (χ3n) is 2.65. The fourth-order valence-corrected chi connectivity index (χ4v) is 1.52. The van der Waals surface area contributed by atoms with Crippen LogP contribution in [-0.2, 0) is 9.53 Å². The maximum Gasteiger partial charge on any atom is 0.334 e. The molecule has 2 rings (SSSR count). The van der Waals surface area contributed by atoms with E-state index < -0.39 is 0 Å². The Morgan fingerprint density at radius 2 is 2.38 bits per heavy atom. The van der Waals surface area contributed by atoms with E-state index in [-0.39, 0.29) is 12.1 Å². The summed E-state index contributed by atoms with van der Waals surface area (Å²) < 4.78 is 5.29. The third-order valence-corrected chi connectivity index (χ3v) is 2.65. The molecule has 2 aliphatic rings. The molecule has 72 valence electrons. The maximum absolute atomic E-state index is 11.5. The zero-order valence-electron chi connectivity index (χ0n) is 7.71. The number of hydrogen-bond donors (Lipinski definition) is 1. The van der Waals surface area contributed by atoms with Crippen LogP contribution in [0, 0.1) is 0 Å². The van der Waals surface area contributed by atoms with Gasteiger partial charge in [-0.1, -0.05) is 6.08 Å². The Hall–Kier alpha value is -0.830. The van der Waals surface area contributed by atoms with Crippen molar-refractivity contribution < 1.29 is 9.53 Å². The molecule has 0 amide bonds. The Bertz CT molecular complexity index is 231. The number of esters is 1. The number of nitrogens with one attached hydrogen (secondary N) is 1. The molecule has 0 aromatic rings. The molecule has 0 unspecified atom stereocenters. The van der Waals surface area contributed by atoms with Crippen LogP contribution in [-0.4, -0.2) is 25.2 Å². The predicted molar refractivity (Wildman–Crippen MR) is 49.3 cm³/mol. The summed E-state index contributed by atoms with van der Waals surface area (Å²) in [7, 11) is 0. The van der Waals surface area contributed by atoms with Crippen molar-refractivity contribution in [1.29, 1.82) is 0 Å². The van der Waals surface area contributed by atoms with E-state index in [2.05, 4.69) is 5.32 Å². The summed E-state index contributed by atoms with van der Waals surface area (Å²) in [6.45, 7) is 1.70. The molecule has 0 saturated heterocycles. The zero-order chi connectivity index (χ0) is 9.10. The highest BCUT2D eigenvalue weighted by atomic mass is 16.5. The van der Waals surface area contributed by atoms with Crippen LogP contribution in [0.3, 0.4) is 0 Å². The smallest absolute Gasteiger partial charge is 0.334 e. The van der Waals surface area contributed by atoms with Gasteiger partial charge in [0.15, 0.2) is 0 Å².